The highest BCUT2D eigenvalue weighted by Crippen LogP contribution is 2.21. The summed E-state index contributed by atoms with van der Waals surface area (Å²) in [5, 5.41) is 0. The van der Waals surface area contributed by atoms with E-state index in [-0.39, 0.29) is 12.3 Å². The molecule has 7 heteroatoms. The van der Waals surface area contributed by atoms with E-state index in [0.29, 0.717) is 26.2 Å². The molecule has 1 aliphatic heterocycles. The third-order valence-corrected chi connectivity index (χ3v) is 5.35. The van der Waals surface area contributed by atoms with E-state index in [1.54, 1.807) is 7.11 Å². The summed E-state index contributed by atoms with van der Waals surface area (Å²) < 4.78 is 30.5. The van der Waals surface area contributed by atoms with Gasteiger partial charge in [-0.15, -0.1) is 0 Å². The van der Waals surface area contributed by atoms with Crippen LogP contribution in [0.3, 0.4) is 0 Å². The first-order chi connectivity index (χ1) is 9.56. The molecule has 112 valence electrons. The van der Waals surface area contributed by atoms with Gasteiger partial charge in [0.05, 0.1) is 12.9 Å². The van der Waals surface area contributed by atoms with Crippen molar-refractivity contribution < 1.29 is 13.2 Å². The van der Waals surface area contributed by atoms with Gasteiger partial charge in [0, 0.05) is 38.4 Å². The molecule has 0 spiro atoms. The van der Waals surface area contributed by atoms with Crippen LogP contribution in [0, 0.1) is 0 Å². The third kappa shape index (κ3) is 3.41. The Labute approximate surface area is 120 Å². The lowest BCUT2D eigenvalue weighted by molar-refractivity contribution is 0.385. The monoisotopic (exact) mass is 299 g/mol. The number of piperazine rings is 1. The summed E-state index contributed by atoms with van der Waals surface area (Å²) in [6, 6.07) is 7.80. The molecule has 0 unspecified atom stereocenters. The summed E-state index contributed by atoms with van der Waals surface area (Å²) in [4.78, 5) is 2.17. The predicted octanol–water partition coefficient (Wildman–Crippen LogP) is 0.106. The van der Waals surface area contributed by atoms with Crippen molar-refractivity contribution in [2.75, 3.05) is 50.5 Å². The second kappa shape index (κ2) is 6.43. The van der Waals surface area contributed by atoms with Gasteiger partial charge in [0.2, 0.25) is 10.0 Å². The van der Waals surface area contributed by atoms with Gasteiger partial charge in [0.25, 0.3) is 0 Å². The minimum Gasteiger partial charge on any atom is -0.497 e. The standard InChI is InChI=1S/C13H21N3O3S/c1-19-13-4-2-12(3-5-13)15-7-9-16(10-8-15)20(17,18)11-6-14/h2-5H,6-11,14H2,1H3. The second-order valence-corrected chi connectivity index (χ2v) is 6.78. The molecule has 1 aromatic rings. The van der Waals surface area contributed by atoms with E-state index in [1.165, 1.54) is 4.31 Å². The molecule has 0 atom stereocenters. The Bertz CT molecular complexity index is 522. The molecule has 0 radical (unpaired) electrons. The smallest absolute Gasteiger partial charge is 0.215 e. The average molecular weight is 299 g/mol. The zero-order valence-electron chi connectivity index (χ0n) is 11.7. The summed E-state index contributed by atoms with van der Waals surface area (Å²) in [5.74, 6) is 0.841. The number of nitrogens with zero attached hydrogens (tertiary/aromatic N) is 2. The molecule has 1 fully saturated rings. The van der Waals surface area contributed by atoms with E-state index in [1.807, 2.05) is 24.3 Å². The largest absolute Gasteiger partial charge is 0.497 e. The van der Waals surface area contributed by atoms with Crippen molar-refractivity contribution in [1.82, 2.24) is 4.31 Å². The molecule has 0 aromatic heterocycles. The molecule has 1 heterocycles. The Balaban J connectivity index is 1.97. The first-order valence-corrected chi connectivity index (χ1v) is 8.24. The number of nitrogens with two attached hydrogens (primary N) is 1. The Morgan fingerprint density at radius 3 is 2.25 bits per heavy atom. The first-order valence-electron chi connectivity index (χ1n) is 6.64. The second-order valence-electron chi connectivity index (χ2n) is 4.69. The molecule has 20 heavy (non-hydrogen) atoms. The van der Waals surface area contributed by atoms with Crippen LogP contribution in [0.25, 0.3) is 0 Å². The van der Waals surface area contributed by atoms with Crippen LogP contribution in [0.5, 0.6) is 5.75 Å². The van der Waals surface area contributed by atoms with Gasteiger partial charge in [0.15, 0.2) is 0 Å². The normalized spacial score (nSPS) is 17.2. The van der Waals surface area contributed by atoms with Gasteiger partial charge in [0.1, 0.15) is 5.75 Å². The van der Waals surface area contributed by atoms with Crippen LogP contribution in [0.4, 0.5) is 5.69 Å². The van der Waals surface area contributed by atoms with Gasteiger partial charge >= 0.3 is 0 Å². The van der Waals surface area contributed by atoms with E-state index in [9.17, 15) is 8.42 Å². The van der Waals surface area contributed by atoms with Gasteiger partial charge in [-0.3, -0.25) is 0 Å². The summed E-state index contributed by atoms with van der Waals surface area (Å²) >= 11 is 0. The molecule has 2 N–H and O–H groups in total. The highest BCUT2D eigenvalue weighted by molar-refractivity contribution is 7.89. The van der Waals surface area contributed by atoms with E-state index in [2.05, 4.69) is 4.90 Å². The van der Waals surface area contributed by atoms with E-state index >= 15 is 0 Å². The highest BCUT2D eigenvalue weighted by atomic mass is 32.2. The molecule has 6 nitrogen and oxygen atoms in total. The average Bonchev–Trinajstić information content (AvgIpc) is 2.47. The quantitative estimate of drug-likeness (QED) is 0.835. The number of hydrogen-bond donors (Lipinski definition) is 1. The van der Waals surface area contributed by atoms with Crippen LogP contribution in [0.2, 0.25) is 0 Å². The van der Waals surface area contributed by atoms with E-state index < -0.39 is 10.0 Å². The van der Waals surface area contributed by atoms with Crippen LogP contribution in [-0.2, 0) is 10.0 Å². The Morgan fingerprint density at radius 1 is 1.15 bits per heavy atom. The summed E-state index contributed by atoms with van der Waals surface area (Å²) in [6.45, 7) is 2.57. The van der Waals surface area contributed by atoms with Crippen molar-refractivity contribution in [2.45, 2.75) is 0 Å². The molecule has 0 aliphatic carbocycles. The van der Waals surface area contributed by atoms with E-state index in [4.69, 9.17) is 10.5 Å². The van der Waals surface area contributed by atoms with E-state index in [0.717, 1.165) is 11.4 Å². The number of benzene rings is 1. The zero-order valence-corrected chi connectivity index (χ0v) is 12.5. The number of ether oxygens (including phenoxy) is 1. The number of rotatable bonds is 5. The lowest BCUT2D eigenvalue weighted by Gasteiger charge is -2.35. The minimum absolute atomic E-state index is 0.0233. The lowest BCUT2D eigenvalue weighted by Crippen LogP contribution is -2.49. The molecule has 1 saturated heterocycles. The minimum atomic E-state index is -3.19. The number of hydrogen-bond acceptors (Lipinski definition) is 5. The van der Waals surface area contributed by atoms with Crippen LogP contribution < -0.4 is 15.4 Å². The van der Waals surface area contributed by atoms with Crippen LogP contribution in [0.1, 0.15) is 0 Å². The van der Waals surface area contributed by atoms with Crippen LogP contribution in [-0.4, -0.2) is 58.3 Å². The van der Waals surface area contributed by atoms with Crippen molar-refractivity contribution in [3.63, 3.8) is 0 Å². The molecule has 1 aliphatic rings. The van der Waals surface area contributed by atoms with Gasteiger partial charge in [-0.1, -0.05) is 0 Å². The van der Waals surface area contributed by atoms with Crippen molar-refractivity contribution in [3.05, 3.63) is 24.3 Å². The predicted molar refractivity (Wildman–Crippen MR) is 79.6 cm³/mol. The molecule has 0 amide bonds. The molecule has 0 bridgehead atoms. The molecule has 0 saturated carbocycles. The van der Waals surface area contributed by atoms with Crippen molar-refractivity contribution in [2.24, 2.45) is 5.73 Å². The zero-order chi connectivity index (χ0) is 14.6. The fraction of sp³-hybridized carbons (Fsp3) is 0.538. The first kappa shape index (κ1) is 15.1. The third-order valence-electron chi connectivity index (χ3n) is 3.45. The van der Waals surface area contributed by atoms with Gasteiger partial charge in [-0.2, -0.15) is 4.31 Å². The summed E-state index contributed by atoms with van der Waals surface area (Å²) in [7, 11) is -1.55. The highest BCUT2D eigenvalue weighted by Gasteiger charge is 2.26. The Hall–Kier alpha value is -1.31. The molecule has 2 rings (SSSR count). The van der Waals surface area contributed by atoms with Gasteiger partial charge in [-0.25, -0.2) is 8.42 Å². The van der Waals surface area contributed by atoms with Crippen molar-refractivity contribution in [1.29, 1.82) is 0 Å². The summed E-state index contributed by atoms with van der Waals surface area (Å²) in [6.07, 6.45) is 0. The van der Waals surface area contributed by atoms with Gasteiger partial charge in [-0.05, 0) is 24.3 Å². The van der Waals surface area contributed by atoms with Gasteiger partial charge < -0.3 is 15.4 Å². The van der Waals surface area contributed by atoms with Crippen LogP contribution in [0.15, 0.2) is 24.3 Å². The number of sulfonamides is 1. The molecular formula is C13H21N3O3S. The number of anilines is 1. The maximum Gasteiger partial charge on any atom is 0.215 e. The Kier molecular flexibility index (Phi) is 4.85. The summed E-state index contributed by atoms with van der Waals surface area (Å²) in [5.41, 5.74) is 6.42. The van der Waals surface area contributed by atoms with Crippen molar-refractivity contribution >= 4 is 15.7 Å². The van der Waals surface area contributed by atoms with Crippen LogP contribution >= 0.6 is 0 Å². The SMILES string of the molecule is COc1ccc(N2CCN(S(=O)(=O)CCN)CC2)cc1. The maximum atomic E-state index is 11.9. The fourth-order valence-electron chi connectivity index (χ4n) is 2.30. The lowest BCUT2D eigenvalue weighted by atomic mass is 10.2. The topological polar surface area (TPSA) is 75.9 Å². The van der Waals surface area contributed by atoms with Crippen molar-refractivity contribution in [3.8, 4) is 5.75 Å². The molecule has 1 aromatic carbocycles. The molecular weight excluding hydrogens is 278 g/mol. The fourth-order valence-corrected chi connectivity index (χ4v) is 3.57. The number of methoxy groups -OCH3 is 1. The Morgan fingerprint density at radius 2 is 1.75 bits per heavy atom. The maximum absolute atomic E-state index is 11.9.